The summed E-state index contributed by atoms with van der Waals surface area (Å²) >= 11 is 1.55. The number of hydrogen-bond donors (Lipinski definition) is 2. The highest BCUT2D eigenvalue weighted by molar-refractivity contribution is 7.92. The van der Waals surface area contributed by atoms with Gasteiger partial charge in [0.15, 0.2) is 20.8 Å². The van der Waals surface area contributed by atoms with Crippen LogP contribution in [0, 0.1) is 0 Å². The van der Waals surface area contributed by atoms with Crippen molar-refractivity contribution in [2.75, 3.05) is 38.2 Å². The molecular weight excluding hydrogens is 512 g/mol. The molecule has 12 heteroatoms. The Kier molecular flexibility index (Phi) is 7.70. The second kappa shape index (κ2) is 11.1. The van der Waals surface area contributed by atoms with Crippen LogP contribution >= 0.6 is 11.3 Å². The number of anilines is 2. The number of hydrogen-bond acceptors (Lipinski definition) is 10. The van der Waals surface area contributed by atoms with E-state index in [1.54, 1.807) is 43.5 Å². The first kappa shape index (κ1) is 25.6. The van der Waals surface area contributed by atoms with E-state index in [1.165, 1.54) is 0 Å². The van der Waals surface area contributed by atoms with Crippen molar-refractivity contribution in [3.8, 4) is 5.75 Å². The van der Waals surface area contributed by atoms with Gasteiger partial charge in [-0.1, -0.05) is 6.07 Å². The van der Waals surface area contributed by atoms with Crippen molar-refractivity contribution in [2.45, 2.75) is 37.0 Å². The smallest absolute Gasteiger partial charge is 0.188 e. The fourth-order valence-corrected chi connectivity index (χ4v) is 5.99. The molecule has 1 aromatic carbocycles. The number of morpholine rings is 1. The van der Waals surface area contributed by atoms with Crippen LogP contribution in [0.2, 0.25) is 0 Å². The lowest BCUT2D eigenvalue weighted by atomic mass is 10.2. The third kappa shape index (κ3) is 5.93. The number of ether oxygens (including phenoxy) is 2. The van der Waals surface area contributed by atoms with E-state index >= 15 is 0 Å². The van der Waals surface area contributed by atoms with Crippen molar-refractivity contribution in [3.63, 3.8) is 0 Å². The number of benzene rings is 1. The molecule has 4 aromatic rings. The van der Waals surface area contributed by atoms with Gasteiger partial charge in [0.05, 0.1) is 30.0 Å². The van der Waals surface area contributed by atoms with E-state index in [4.69, 9.17) is 9.47 Å². The molecule has 0 saturated carbocycles. The molecular formula is C25H30N6O4S2. The number of aromatic amines is 1. The summed E-state index contributed by atoms with van der Waals surface area (Å²) in [5, 5.41) is 11.4. The van der Waals surface area contributed by atoms with Gasteiger partial charge in [0.1, 0.15) is 11.3 Å². The largest absolute Gasteiger partial charge is 0.491 e. The lowest BCUT2D eigenvalue weighted by molar-refractivity contribution is 0.0346. The van der Waals surface area contributed by atoms with Gasteiger partial charge in [0.2, 0.25) is 0 Å². The molecule has 0 radical (unpaired) electrons. The van der Waals surface area contributed by atoms with Crippen molar-refractivity contribution in [3.05, 3.63) is 53.3 Å². The topological polar surface area (TPSA) is 122 Å². The Balaban J connectivity index is 1.40. The third-order valence-electron chi connectivity index (χ3n) is 6.16. The maximum Gasteiger partial charge on any atom is 0.188 e. The monoisotopic (exact) mass is 542 g/mol. The molecule has 2 N–H and O–H groups in total. The Hall–Kier alpha value is -3.06. The van der Waals surface area contributed by atoms with E-state index in [0.717, 1.165) is 43.4 Å². The predicted molar refractivity (Wildman–Crippen MR) is 143 cm³/mol. The fourth-order valence-electron chi connectivity index (χ4n) is 4.04. The van der Waals surface area contributed by atoms with E-state index in [2.05, 4.69) is 30.4 Å². The Morgan fingerprint density at radius 1 is 1.22 bits per heavy atom. The molecule has 0 spiro atoms. The number of H-pyrrole nitrogens is 1. The Morgan fingerprint density at radius 3 is 2.81 bits per heavy atom. The van der Waals surface area contributed by atoms with Gasteiger partial charge in [-0.15, -0.1) is 11.3 Å². The summed E-state index contributed by atoms with van der Waals surface area (Å²) in [5.41, 5.74) is 1.52. The van der Waals surface area contributed by atoms with Crippen molar-refractivity contribution in [2.24, 2.45) is 0 Å². The molecule has 37 heavy (non-hydrogen) atoms. The first-order valence-corrected chi connectivity index (χ1v) is 14.6. The van der Waals surface area contributed by atoms with Crippen molar-refractivity contribution >= 4 is 43.0 Å². The highest BCUT2D eigenvalue weighted by atomic mass is 32.2. The minimum Gasteiger partial charge on any atom is -0.491 e. The number of thiazole rings is 1. The Morgan fingerprint density at radius 2 is 2.05 bits per heavy atom. The quantitative estimate of drug-likeness (QED) is 0.308. The molecule has 1 saturated heterocycles. The second-order valence-corrected chi connectivity index (χ2v) is 12.7. The number of sulfone groups is 1. The first-order chi connectivity index (χ1) is 17.9. The van der Waals surface area contributed by atoms with Crippen LogP contribution in [0.1, 0.15) is 24.4 Å². The van der Waals surface area contributed by atoms with Crippen molar-refractivity contribution in [1.82, 2.24) is 25.1 Å². The zero-order chi connectivity index (χ0) is 25.8. The molecule has 0 aliphatic carbocycles. The summed E-state index contributed by atoms with van der Waals surface area (Å²) in [7, 11) is -3.54. The van der Waals surface area contributed by atoms with Gasteiger partial charge in [-0.25, -0.2) is 13.4 Å². The summed E-state index contributed by atoms with van der Waals surface area (Å²) in [6, 6.07) is 8.93. The van der Waals surface area contributed by atoms with Crippen LogP contribution in [0.3, 0.4) is 0 Å². The maximum atomic E-state index is 13.1. The second-order valence-electron chi connectivity index (χ2n) is 9.07. The molecule has 1 aliphatic heterocycles. The van der Waals surface area contributed by atoms with Crippen LogP contribution < -0.4 is 10.1 Å². The van der Waals surface area contributed by atoms with Gasteiger partial charge in [0.25, 0.3) is 0 Å². The van der Waals surface area contributed by atoms with Crippen LogP contribution in [0.5, 0.6) is 5.75 Å². The lowest BCUT2D eigenvalue weighted by Crippen LogP contribution is -2.35. The Labute approximate surface area is 220 Å². The number of pyridine rings is 1. The van der Waals surface area contributed by atoms with Gasteiger partial charge in [0, 0.05) is 60.5 Å². The standard InChI is InChI=1S/C25H30N6O4S2/c1-17(2)37(32,33)20-13-21-23(22(14-20)35-10-6-18-5-3-4-7-26-18)29-30-24(21)28-25-27-15-19(36-25)16-31-8-11-34-12-9-31/h3-5,7,13-15,17H,6,8-12,16H2,1-2H3,(H2,27,28,29,30). The minimum absolute atomic E-state index is 0.194. The van der Waals surface area contributed by atoms with Gasteiger partial charge < -0.3 is 14.8 Å². The predicted octanol–water partition coefficient (Wildman–Crippen LogP) is 3.79. The molecule has 0 atom stereocenters. The number of rotatable bonds is 10. The van der Waals surface area contributed by atoms with E-state index in [9.17, 15) is 8.42 Å². The summed E-state index contributed by atoms with van der Waals surface area (Å²) in [5.74, 6) is 0.929. The van der Waals surface area contributed by atoms with Crippen LogP contribution in [0.25, 0.3) is 10.9 Å². The normalized spacial score (nSPS) is 14.9. The molecule has 0 bridgehead atoms. The van der Waals surface area contributed by atoms with Crippen molar-refractivity contribution in [1.29, 1.82) is 0 Å². The molecule has 1 fully saturated rings. The lowest BCUT2D eigenvalue weighted by Gasteiger charge is -2.25. The Bertz CT molecular complexity index is 1450. The SMILES string of the molecule is CC(C)S(=O)(=O)c1cc(OCCc2ccccn2)c2[nH]nc(Nc3ncc(CN4CCOCC4)s3)c2c1. The van der Waals surface area contributed by atoms with E-state index < -0.39 is 15.1 Å². The van der Waals surface area contributed by atoms with Gasteiger partial charge in [-0.05, 0) is 32.0 Å². The van der Waals surface area contributed by atoms with Gasteiger partial charge >= 0.3 is 0 Å². The van der Waals surface area contributed by atoms with Crippen molar-refractivity contribution < 1.29 is 17.9 Å². The summed E-state index contributed by atoms with van der Waals surface area (Å²) < 4.78 is 37.6. The number of aromatic nitrogens is 4. The van der Waals surface area contributed by atoms with Crippen LogP contribution in [-0.2, 0) is 27.5 Å². The highest BCUT2D eigenvalue weighted by Gasteiger charge is 2.24. The average molecular weight is 543 g/mol. The average Bonchev–Trinajstić information content (AvgIpc) is 3.52. The van der Waals surface area contributed by atoms with E-state index in [-0.39, 0.29) is 4.90 Å². The fraction of sp³-hybridized carbons (Fsp3) is 0.400. The molecule has 0 amide bonds. The summed E-state index contributed by atoms with van der Waals surface area (Å²) in [6.07, 6.45) is 4.19. The van der Waals surface area contributed by atoms with Crippen LogP contribution in [0.15, 0.2) is 47.6 Å². The molecule has 5 rings (SSSR count). The zero-order valence-corrected chi connectivity index (χ0v) is 22.4. The van der Waals surface area contributed by atoms with E-state index in [1.807, 2.05) is 24.4 Å². The minimum atomic E-state index is -3.54. The van der Waals surface area contributed by atoms with Crippen LogP contribution in [0.4, 0.5) is 10.9 Å². The molecule has 10 nitrogen and oxygen atoms in total. The number of fused-ring (bicyclic) bond motifs is 1. The number of nitrogens with one attached hydrogen (secondary N) is 2. The van der Waals surface area contributed by atoms with Gasteiger partial charge in [-0.2, -0.15) is 5.10 Å². The summed E-state index contributed by atoms with van der Waals surface area (Å²) in [6.45, 7) is 7.80. The van der Waals surface area contributed by atoms with E-state index in [0.29, 0.717) is 40.6 Å². The molecule has 3 aromatic heterocycles. The molecule has 0 unspecified atom stereocenters. The maximum absolute atomic E-state index is 13.1. The highest BCUT2D eigenvalue weighted by Crippen LogP contribution is 2.35. The third-order valence-corrected chi connectivity index (χ3v) is 9.19. The molecule has 1 aliphatic rings. The summed E-state index contributed by atoms with van der Waals surface area (Å²) in [4.78, 5) is 12.5. The first-order valence-electron chi connectivity index (χ1n) is 12.2. The number of nitrogens with zero attached hydrogens (tertiary/aromatic N) is 4. The molecule has 4 heterocycles. The molecule has 196 valence electrons. The van der Waals surface area contributed by atoms with Gasteiger partial charge in [-0.3, -0.25) is 15.0 Å². The zero-order valence-electron chi connectivity index (χ0n) is 20.8. The van der Waals surface area contributed by atoms with Crippen LogP contribution in [-0.4, -0.2) is 71.6 Å².